The molecule has 16 heavy (non-hydrogen) atoms. The van der Waals surface area contributed by atoms with Crippen LogP contribution in [0.5, 0.6) is 0 Å². The predicted molar refractivity (Wildman–Crippen MR) is 61.5 cm³/mol. The Morgan fingerprint density at radius 2 is 2.19 bits per heavy atom. The summed E-state index contributed by atoms with van der Waals surface area (Å²) in [5.74, 6) is -1.93. The molecule has 0 amide bonds. The second-order valence-corrected chi connectivity index (χ2v) is 3.84. The molecular formula is C12H16FNO2. The van der Waals surface area contributed by atoms with Gasteiger partial charge in [-0.15, -0.1) is 0 Å². The Labute approximate surface area is 94.5 Å². The highest BCUT2D eigenvalue weighted by Gasteiger charge is 2.13. The van der Waals surface area contributed by atoms with Crippen LogP contribution in [0.3, 0.4) is 0 Å². The molecule has 3 nitrogen and oxygen atoms in total. The molecule has 0 aromatic heterocycles. The molecular weight excluding hydrogens is 209 g/mol. The summed E-state index contributed by atoms with van der Waals surface area (Å²) in [6.45, 7) is 4.08. The van der Waals surface area contributed by atoms with Gasteiger partial charge in [0.05, 0.1) is 5.56 Å². The first-order valence-corrected chi connectivity index (χ1v) is 5.23. The highest BCUT2D eigenvalue weighted by atomic mass is 19.1. The molecule has 1 atom stereocenters. The van der Waals surface area contributed by atoms with Crippen LogP contribution in [0.1, 0.15) is 30.6 Å². The number of rotatable bonds is 4. The van der Waals surface area contributed by atoms with Crippen molar-refractivity contribution in [2.75, 3.05) is 11.9 Å². The molecule has 0 aliphatic carbocycles. The maximum atomic E-state index is 13.4. The number of carboxylic acid groups (broad SMARTS) is 1. The average Bonchev–Trinajstić information content (AvgIpc) is 2.26. The number of aromatic carboxylic acids is 1. The van der Waals surface area contributed by atoms with Crippen molar-refractivity contribution in [3.05, 3.63) is 29.6 Å². The van der Waals surface area contributed by atoms with E-state index in [1.54, 1.807) is 6.07 Å². The van der Waals surface area contributed by atoms with Crippen LogP contribution in [-0.2, 0) is 0 Å². The van der Waals surface area contributed by atoms with Crippen LogP contribution in [0.25, 0.3) is 0 Å². The number of hydrogen-bond donors (Lipinski definition) is 1. The lowest BCUT2D eigenvalue weighted by atomic mass is 10.1. The molecule has 1 aromatic carbocycles. The Morgan fingerprint density at radius 1 is 1.56 bits per heavy atom. The molecule has 0 aliphatic heterocycles. The number of hydrogen-bond acceptors (Lipinski definition) is 2. The van der Waals surface area contributed by atoms with E-state index in [1.807, 2.05) is 25.8 Å². The number of benzene rings is 1. The molecule has 0 bridgehead atoms. The highest BCUT2D eigenvalue weighted by Crippen LogP contribution is 2.20. The van der Waals surface area contributed by atoms with Crippen LogP contribution in [0.2, 0.25) is 0 Å². The molecule has 0 saturated heterocycles. The number of anilines is 1. The minimum atomic E-state index is -1.24. The lowest BCUT2D eigenvalue weighted by Gasteiger charge is -2.26. The molecule has 1 aromatic rings. The normalized spacial score (nSPS) is 12.2. The van der Waals surface area contributed by atoms with E-state index >= 15 is 0 Å². The molecule has 0 saturated carbocycles. The predicted octanol–water partition coefficient (Wildman–Crippen LogP) is 2.76. The molecule has 88 valence electrons. The van der Waals surface area contributed by atoms with Gasteiger partial charge in [0.25, 0.3) is 0 Å². The molecule has 4 heteroatoms. The summed E-state index contributed by atoms with van der Waals surface area (Å²) >= 11 is 0. The largest absolute Gasteiger partial charge is 0.478 e. The second-order valence-electron chi connectivity index (χ2n) is 3.84. The first-order valence-electron chi connectivity index (χ1n) is 5.23. The minimum Gasteiger partial charge on any atom is -0.478 e. The van der Waals surface area contributed by atoms with Crippen molar-refractivity contribution in [3.63, 3.8) is 0 Å². The first-order chi connectivity index (χ1) is 7.47. The summed E-state index contributed by atoms with van der Waals surface area (Å²) in [5.41, 5.74) is 0.401. The van der Waals surface area contributed by atoms with Crippen molar-refractivity contribution in [3.8, 4) is 0 Å². The van der Waals surface area contributed by atoms with Crippen molar-refractivity contribution in [2.45, 2.75) is 26.3 Å². The van der Waals surface area contributed by atoms with Crippen molar-refractivity contribution in [1.82, 2.24) is 0 Å². The van der Waals surface area contributed by atoms with E-state index in [4.69, 9.17) is 5.11 Å². The van der Waals surface area contributed by atoms with Gasteiger partial charge in [-0.05, 0) is 31.5 Å². The van der Waals surface area contributed by atoms with Crippen molar-refractivity contribution in [1.29, 1.82) is 0 Å². The van der Waals surface area contributed by atoms with Crippen LogP contribution in [0, 0.1) is 5.82 Å². The van der Waals surface area contributed by atoms with Gasteiger partial charge in [0.1, 0.15) is 5.82 Å². The molecule has 1 unspecified atom stereocenters. The molecule has 1 N–H and O–H groups in total. The summed E-state index contributed by atoms with van der Waals surface area (Å²) in [7, 11) is 1.86. The molecule has 0 aliphatic rings. The highest BCUT2D eigenvalue weighted by molar-refractivity contribution is 5.88. The zero-order chi connectivity index (χ0) is 12.3. The Kier molecular flexibility index (Phi) is 3.88. The fraction of sp³-hybridized carbons (Fsp3) is 0.417. The fourth-order valence-electron chi connectivity index (χ4n) is 1.43. The third-order valence-electron chi connectivity index (χ3n) is 2.84. The lowest BCUT2D eigenvalue weighted by molar-refractivity contribution is 0.0692. The van der Waals surface area contributed by atoms with Gasteiger partial charge in [0.15, 0.2) is 0 Å². The average molecular weight is 225 g/mol. The number of nitrogens with zero attached hydrogens (tertiary/aromatic N) is 1. The van der Waals surface area contributed by atoms with Crippen molar-refractivity contribution in [2.24, 2.45) is 0 Å². The topological polar surface area (TPSA) is 40.5 Å². The monoisotopic (exact) mass is 225 g/mol. The maximum Gasteiger partial charge on any atom is 0.338 e. The third kappa shape index (κ3) is 2.51. The summed E-state index contributed by atoms with van der Waals surface area (Å²) in [6.07, 6.45) is 0.943. The standard InChI is InChI=1S/C12H16FNO2/c1-4-8(2)14(3)9-5-6-10(12(15)16)11(13)7-9/h5-8H,4H2,1-3H3,(H,15,16). The van der Waals surface area contributed by atoms with Crippen LogP contribution in [0.4, 0.5) is 10.1 Å². The Hall–Kier alpha value is -1.58. The van der Waals surface area contributed by atoms with Gasteiger partial charge in [-0.25, -0.2) is 9.18 Å². The van der Waals surface area contributed by atoms with Gasteiger partial charge in [-0.3, -0.25) is 0 Å². The van der Waals surface area contributed by atoms with Crippen LogP contribution >= 0.6 is 0 Å². The molecule has 0 radical (unpaired) electrons. The van der Waals surface area contributed by atoms with E-state index in [2.05, 4.69) is 0 Å². The van der Waals surface area contributed by atoms with Gasteiger partial charge >= 0.3 is 5.97 Å². The molecule has 1 rings (SSSR count). The van der Waals surface area contributed by atoms with E-state index in [9.17, 15) is 9.18 Å². The summed E-state index contributed by atoms with van der Waals surface area (Å²) in [4.78, 5) is 12.6. The Morgan fingerprint density at radius 3 is 2.62 bits per heavy atom. The Bertz CT molecular complexity index is 393. The van der Waals surface area contributed by atoms with Gasteiger partial charge in [-0.1, -0.05) is 6.92 Å². The van der Waals surface area contributed by atoms with Crippen molar-refractivity contribution >= 4 is 11.7 Å². The van der Waals surface area contributed by atoms with Gasteiger partial charge in [0.2, 0.25) is 0 Å². The van der Waals surface area contributed by atoms with E-state index in [-0.39, 0.29) is 11.6 Å². The number of carboxylic acids is 1. The zero-order valence-electron chi connectivity index (χ0n) is 9.70. The number of halogens is 1. The summed E-state index contributed by atoms with van der Waals surface area (Å²) in [5, 5.41) is 8.70. The maximum absolute atomic E-state index is 13.4. The summed E-state index contributed by atoms with van der Waals surface area (Å²) < 4.78 is 13.4. The summed E-state index contributed by atoms with van der Waals surface area (Å²) in [6, 6.07) is 4.47. The zero-order valence-corrected chi connectivity index (χ0v) is 9.70. The third-order valence-corrected chi connectivity index (χ3v) is 2.84. The SMILES string of the molecule is CCC(C)N(C)c1ccc(C(=O)O)c(F)c1. The molecule has 0 spiro atoms. The van der Waals surface area contributed by atoms with E-state index in [1.165, 1.54) is 12.1 Å². The van der Waals surface area contributed by atoms with Crippen LogP contribution < -0.4 is 4.90 Å². The molecule has 0 heterocycles. The molecule has 0 fully saturated rings. The Balaban J connectivity index is 3.01. The second kappa shape index (κ2) is 4.96. The first kappa shape index (κ1) is 12.5. The smallest absolute Gasteiger partial charge is 0.338 e. The van der Waals surface area contributed by atoms with Crippen LogP contribution in [0.15, 0.2) is 18.2 Å². The lowest BCUT2D eigenvalue weighted by Crippen LogP contribution is -2.28. The minimum absolute atomic E-state index is 0.287. The van der Waals surface area contributed by atoms with Crippen molar-refractivity contribution < 1.29 is 14.3 Å². The van der Waals surface area contributed by atoms with Gasteiger partial charge in [-0.2, -0.15) is 0 Å². The van der Waals surface area contributed by atoms with Crippen LogP contribution in [-0.4, -0.2) is 24.2 Å². The quantitative estimate of drug-likeness (QED) is 0.856. The van der Waals surface area contributed by atoms with Gasteiger partial charge in [0, 0.05) is 18.8 Å². The fourth-order valence-corrected chi connectivity index (χ4v) is 1.43. The van der Waals surface area contributed by atoms with E-state index in [0.29, 0.717) is 5.69 Å². The number of carbonyl (C=O) groups is 1. The van der Waals surface area contributed by atoms with E-state index < -0.39 is 11.8 Å². The van der Waals surface area contributed by atoms with E-state index in [0.717, 1.165) is 6.42 Å². The van der Waals surface area contributed by atoms with Gasteiger partial charge < -0.3 is 10.0 Å².